The molecule has 2 aromatic heterocycles. The second-order valence-electron chi connectivity index (χ2n) is 3.97. The van der Waals surface area contributed by atoms with Gasteiger partial charge in [-0.25, -0.2) is 15.0 Å². The summed E-state index contributed by atoms with van der Waals surface area (Å²) in [7, 11) is 0. The lowest BCUT2D eigenvalue weighted by Crippen LogP contribution is -2.14. The van der Waals surface area contributed by atoms with Crippen molar-refractivity contribution >= 4 is 23.4 Å². The Morgan fingerprint density at radius 2 is 1.95 bits per heavy atom. The molecule has 0 aliphatic carbocycles. The van der Waals surface area contributed by atoms with E-state index in [0.717, 1.165) is 30.1 Å². The molecule has 0 amide bonds. The van der Waals surface area contributed by atoms with E-state index in [2.05, 4.69) is 27.2 Å². The Kier molecular flexibility index (Phi) is 5.57. The number of pyridine rings is 1. The van der Waals surface area contributed by atoms with E-state index in [4.69, 9.17) is 11.6 Å². The summed E-state index contributed by atoms with van der Waals surface area (Å²) in [6.45, 7) is 3.95. The highest BCUT2D eigenvalue weighted by Crippen LogP contribution is 2.22. The molecule has 100 valence electrons. The van der Waals surface area contributed by atoms with E-state index >= 15 is 0 Å². The molecule has 0 saturated carbocycles. The third-order valence-corrected chi connectivity index (χ3v) is 3.40. The SMILES string of the molecule is CCCNCc1cnc(Sc2ccc(Cl)cn2)nc1. The van der Waals surface area contributed by atoms with Gasteiger partial charge < -0.3 is 5.32 Å². The molecule has 2 aromatic rings. The third-order valence-electron chi connectivity index (χ3n) is 2.33. The number of hydrogen-bond acceptors (Lipinski definition) is 5. The molecule has 0 saturated heterocycles. The van der Waals surface area contributed by atoms with Gasteiger partial charge in [0.25, 0.3) is 0 Å². The minimum atomic E-state index is 0.627. The quantitative estimate of drug-likeness (QED) is 0.655. The first kappa shape index (κ1) is 14.2. The lowest BCUT2D eigenvalue weighted by atomic mass is 10.3. The van der Waals surface area contributed by atoms with E-state index in [9.17, 15) is 0 Å². The van der Waals surface area contributed by atoms with Crippen LogP contribution in [0.1, 0.15) is 18.9 Å². The van der Waals surface area contributed by atoms with Gasteiger partial charge in [0.2, 0.25) is 0 Å². The van der Waals surface area contributed by atoms with Gasteiger partial charge in [0.05, 0.1) is 5.02 Å². The molecule has 0 aliphatic rings. The van der Waals surface area contributed by atoms with Gasteiger partial charge in [-0.2, -0.15) is 0 Å². The Bertz CT molecular complexity index is 501. The van der Waals surface area contributed by atoms with Crippen LogP contribution in [-0.4, -0.2) is 21.5 Å². The summed E-state index contributed by atoms with van der Waals surface area (Å²) in [4.78, 5) is 12.8. The summed E-state index contributed by atoms with van der Waals surface area (Å²) < 4.78 is 0. The summed E-state index contributed by atoms with van der Waals surface area (Å²) in [6, 6.07) is 3.66. The molecule has 0 unspecified atom stereocenters. The van der Waals surface area contributed by atoms with Crippen LogP contribution in [0.25, 0.3) is 0 Å². The maximum atomic E-state index is 5.79. The van der Waals surface area contributed by atoms with Gasteiger partial charge >= 0.3 is 0 Å². The second kappa shape index (κ2) is 7.43. The van der Waals surface area contributed by atoms with Crippen molar-refractivity contribution < 1.29 is 0 Å². The van der Waals surface area contributed by atoms with E-state index in [1.165, 1.54) is 11.8 Å². The predicted octanol–water partition coefficient (Wildman–Crippen LogP) is 3.18. The van der Waals surface area contributed by atoms with Gasteiger partial charge in [-0.3, -0.25) is 0 Å². The van der Waals surface area contributed by atoms with E-state index in [0.29, 0.717) is 10.2 Å². The van der Waals surface area contributed by atoms with E-state index < -0.39 is 0 Å². The molecule has 0 fully saturated rings. The smallest absolute Gasteiger partial charge is 0.193 e. The predicted molar refractivity (Wildman–Crippen MR) is 77.4 cm³/mol. The Hall–Kier alpha value is -1.17. The van der Waals surface area contributed by atoms with Crippen LogP contribution < -0.4 is 5.32 Å². The van der Waals surface area contributed by atoms with Crippen LogP contribution in [0.3, 0.4) is 0 Å². The van der Waals surface area contributed by atoms with Crippen LogP contribution in [0.5, 0.6) is 0 Å². The van der Waals surface area contributed by atoms with Gasteiger partial charge in [0.1, 0.15) is 5.03 Å². The Labute approximate surface area is 122 Å². The molecule has 0 atom stereocenters. The highest BCUT2D eigenvalue weighted by molar-refractivity contribution is 7.99. The molecule has 2 heterocycles. The molecule has 0 radical (unpaired) electrons. The first-order chi connectivity index (χ1) is 9.28. The largest absolute Gasteiger partial charge is 0.313 e. The van der Waals surface area contributed by atoms with Crippen LogP contribution in [0.2, 0.25) is 5.02 Å². The zero-order chi connectivity index (χ0) is 13.5. The molecule has 0 aliphatic heterocycles. The monoisotopic (exact) mass is 294 g/mol. The first-order valence-corrected chi connectivity index (χ1v) is 7.28. The first-order valence-electron chi connectivity index (χ1n) is 6.09. The minimum Gasteiger partial charge on any atom is -0.313 e. The standard InChI is InChI=1S/C13H15ClN4S/c1-2-5-15-6-10-7-17-13(18-8-10)19-12-4-3-11(14)9-16-12/h3-4,7-9,15H,2,5-6H2,1H3. The fourth-order valence-electron chi connectivity index (χ4n) is 1.41. The van der Waals surface area contributed by atoms with Crippen molar-refractivity contribution in [3.05, 3.63) is 41.3 Å². The zero-order valence-electron chi connectivity index (χ0n) is 10.6. The van der Waals surface area contributed by atoms with Gasteiger partial charge in [-0.1, -0.05) is 18.5 Å². The van der Waals surface area contributed by atoms with Crippen molar-refractivity contribution in [2.24, 2.45) is 0 Å². The van der Waals surface area contributed by atoms with Crippen LogP contribution in [0.4, 0.5) is 0 Å². The maximum Gasteiger partial charge on any atom is 0.193 e. The topological polar surface area (TPSA) is 50.7 Å². The van der Waals surface area contributed by atoms with Crippen LogP contribution in [-0.2, 0) is 6.54 Å². The molecular formula is C13H15ClN4S. The number of hydrogen-bond donors (Lipinski definition) is 1. The average Bonchev–Trinajstić information content (AvgIpc) is 2.44. The molecule has 19 heavy (non-hydrogen) atoms. The lowest BCUT2D eigenvalue weighted by molar-refractivity contribution is 0.669. The lowest BCUT2D eigenvalue weighted by Gasteiger charge is -2.03. The molecule has 0 aromatic carbocycles. The maximum absolute atomic E-state index is 5.79. The summed E-state index contributed by atoms with van der Waals surface area (Å²) >= 11 is 7.21. The molecule has 2 rings (SSSR count). The van der Waals surface area contributed by atoms with Crippen molar-refractivity contribution in [2.75, 3.05) is 6.54 Å². The van der Waals surface area contributed by atoms with Crippen molar-refractivity contribution in [1.29, 1.82) is 0 Å². The summed E-state index contributed by atoms with van der Waals surface area (Å²) in [6.07, 6.45) is 6.42. The number of nitrogens with zero attached hydrogens (tertiary/aromatic N) is 3. The van der Waals surface area contributed by atoms with Gasteiger partial charge in [0, 0.05) is 30.7 Å². The molecule has 6 heteroatoms. The van der Waals surface area contributed by atoms with Crippen LogP contribution in [0.15, 0.2) is 40.9 Å². The van der Waals surface area contributed by atoms with E-state index in [1.807, 2.05) is 18.5 Å². The molecule has 0 bridgehead atoms. The third kappa shape index (κ3) is 4.78. The fraction of sp³-hybridized carbons (Fsp3) is 0.308. The fourth-order valence-corrected chi connectivity index (χ4v) is 2.16. The van der Waals surface area contributed by atoms with Gasteiger partial charge in [-0.15, -0.1) is 0 Å². The van der Waals surface area contributed by atoms with Gasteiger partial charge in [0.15, 0.2) is 5.16 Å². The number of halogens is 1. The minimum absolute atomic E-state index is 0.627. The molecular weight excluding hydrogens is 280 g/mol. The summed E-state index contributed by atoms with van der Waals surface area (Å²) in [5, 5.41) is 5.46. The summed E-state index contributed by atoms with van der Waals surface area (Å²) in [5.41, 5.74) is 1.09. The Balaban J connectivity index is 1.92. The number of nitrogens with one attached hydrogen (secondary N) is 1. The highest BCUT2D eigenvalue weighted by atomic mass is 35.5. The van der Waals surface area contributed by atoms with Crippen molar-refractivity contribution in [2.45, 2.75) is 30.1 Å². The van der Waals surface area contributed by atoms with Crippen LogP contribution in [0, 0.1) is 0 Å². The van der Waals surface area contributed by atoms with E-state index in [-0.39, 0.29) is 0 Å². The van der Waals surface area contributed by atoms with Crippen molar-refractivity contribution in [3.63, 3.8) is 0 Å². The normalized spacial score (nSPS) is 10.6. The Morgan fingerprint density at radius 1 is 1.16 bits per heavy atom. The number of aromatic nitrogens is 3. The van der Waals surface area contributed by atoms with Crippen molar-refractivity contribution in [3.8, 4) is 0 Å². The van der Waals surface area contributed by atoms with Crippen molar-refractivity contribution in [1.82, 2.24) is 20.3 Å². The second-order valence-corrected chi connectivity index (χ2v) is 5.39. The highest BCUT2D eigenvalue weighted by Gasteiger charge is 2.02. The molecule has 1 N–H and O–H groups in total. The average molecular weight is 295 g/mol. The van der Waals surface area contributed by atoms with Crippen LogP contribution >= 0.6 is 23.4 Å². The Morgan fingerprint density at radius 3 is 2.58 bits per heavy atom. The molecule has 4 nitrogen and oxygen atoms in total. The molecule has 0 spiro atoms. The van der Waals surface area contributed by atoms with E-state index in [1.54, 1.807) is 12.3 Å². The number of rotatable bonds is 6. The zero-order valence-corrected chi connectivity index (χ0v) is 12.2. The summed E-state index contributed by atoms with van der Waals surface area (Å²) in [5.74, 6) is 0. The van der Waals surface area contributed by atoms with Gasteiger partial charge in [-0.05, 0) is 36.9 Å².